The first-order valence-corrected chi connectivity index (χ1v) is 7.91. The van der Waals surface area contributed by atoms with Crippen LogP contribution in [0.2, 0.25) is 10.0 Å². The fourth-order valence-electron chi connectivity index (χ4n) is 2.21. The summed E-state index contributed by atoms with van der Waals surface area (Å²) < 4.78 is 1.87. The van der Waals surface area contributed by atoms with Gasteiger partial charge >= 0.3 is 0 Å². The Morgan fingerprint density at radius 3 is 2.54 bits per heavy atom. The molecule has 1 amide bonds. The molecule has 0 aliphatic rings. The molecule has 0 bridgehead atoms. The molecule has 120 valence electrons. The Morgan fingerprint density at radius 2 is 1.79 bits per heavy atom. The number of aromatic nitrogens is 1. The second kappa shape index (κ2) is 7.34. The van der Waals surface area contributed by atoms with Crippen molar-refractivity contribution in [3.63, 3.8) is 0 Å². The SMILES string of the molecule is O=C(NN=Cc1ccc(Cl)cc1Cl)c1ccccc1-n1cccc1. The van der Waals surface area contributed by atoms with E-state index in [1.807, 2.05) is 47.3 Å². The van der Waals surface area contributed by atoms with Crippen molar-refractivity contribution in [2.24, 2.45) is 5.10 Å². The van der Waals surface area contributed by atoms with Gasteiger partial charge in [0.25, 0.3) is 5.91 Å². The van der Waals surface area contributed by atoms with E-state index in [1.165, 1.54) is 6.21 Å². The number of hydrogen-bond donors (Lipinski definition) is 1. The second-order valence-corrected chi connectivity index (χ2v) is 5.82. The highest BCUT2D eigenvalue weighted by atomic mass is 35.5. The minimum absolute atomic E-state index is 0.305. The highest BCUT2D eigenvalue weighted by Gasteiger charge is 2.11. The minimum Gasteiger partial charge on any atom is -0.323 e. The molecule has 1 N–H and O–H groups in total. The van der Waals surface area contributed by atoms with Gasteiger partial charge in [0, 0.05) is 23.0 Å². The highest BCUT2D eigenvalue weighted by Crippen LogP contribution is 2.19. The maximum atomic E-state index is 12.4. The van der Waals surface area contributed by atoms with Gasteiger partial charge in [0.15, 0.2) is 0 Å². The molecule has 2 aromatic carbocycles. The van der Waals surface area contributed by atoms with Gasteiger partial charge in [-0.3, -0.25) is 4.79 Å². The van der Waals surface area contributed by atoms with Crippen LogP contribution in [0.5, 0.6) is 0 Å². The van der Waals surface area contributed by atoms with Crippen LogP contribution in [0.3, 0.4) is 0 Å². The van der Waals surface area contributed by atoms with Gasteiger partial charge in [0.2, 0.25) is 0 Å². The largest absolute Gasteiger partial charge is 0.323 e. The van der Waals surface area contributed by atoms with E-state index in [0.29, 0.717) is 21.2 Å². The van der Waals surface area contributed by atoms with Crippen LogP contribution in [0.25, 0.3) is 5.69 Å². The van der Waals surface area contributed by atoms with Gasteiger partial charge in [-0.15, -0.1) is 0 Å². The molecule has 24 heavy (non-hydrogen) atoms. The molecular formula is C18H13Cl2N3O. The summed E-state index contributed by atoms with van der Waals surface area (Å²) in [5.41, 5.74) is 4.48. The number of rotatable bonds is 4. The number of nitrogens with zero attached hydrogens (tertiary/aromatic N) is 2. The van der Waals surface area contributed by atoms with Crippen LogP contribution in [-0.4, -0.2) is 16.7 Å². The summed E-state index contributed by atoms with van der Waals surface area (Å²) in [7, 11) is 0. The third kappa shape index (κ3) is 3.67. The fraction of sp³-hybridized carbons (Fsp3) is 0. The van der Waals surface area contributed by atoms with E-state index in [-0.39, 0.29) is 5.91 Å². The second-order valence-electron chi connectivity index (χ2n) is 4.97. The molecule has 0 aliphatic carbocycles. The summed E-state index contributed by atoms with van der Waals surface area (Å²) in [6.07, 6.45) is 5.24. The molecule has 1 heterocycles. The Labute approximate surface area is 149 Å². The molecule has 0 aliphatic heterocycles. The molecule has 0 unspecified atom stereocenters. The lowest BCUT2D eigenvalue weighted by Gasteiger charge is -2.09. The number of carbonyl (C=O) groups excluding carboxylic acids is 1. The van der Waals surface area contributed by atoms with Gasteiger partial charge in [0.1, 0.15) is 0 Å². The quantitative estimate of drug-likeness (QED) is 0.540. The van der Waals surface area contributed by atoms with Crippen molar-refractivity contribution >= 4 is 35.3 Å². The van der Waals surface area contributed by atoms with E-state index in [0.717, 1.165) is 5.69 Å². The molecule has 0 fully saturated rings. The number of hydrogen-bond acceptors (Lipinski definition) is 2. The fourth-order valence-corrected chi connectivity index (χ4v) is 2.67. The molecular weight excluding hydrogens is 345 g/mol. The summed E-state index contributed by atoms with van der Waals surface area (Å²) in [4.78, 5) is 12.4. The summed E-state index contributed by atoms with van der Waals surface area (Å²) in [5, 5.41) is 4.98. The van der Waals surface area contributed by atoms with Gasteiger partial charge < -0.3 is 4.57 Å². The lowest BCUT2D eigenvalue weighted by atomic mass is 10.1. The van der Waals surface area contributed by atoms with Crippen LogP contribution in [0.1, 0.15) is 15.9 Å². The van der Waals surface area contributed by atoms with Crippen molar-refractivity contribution in [1.82, 2.24) is 9.99 Å². The zero-order chi connectivity index (χ0) is 16.9. The van der Waals surface area contributed by atoms with Gasteiger partial charge in [-0.1, -0.05) is 41.4 Å². The van der Waals surface area contributed by atoms with Crippen molar-refractivity contribution < 1.29 is 4.79 Å². The van der Waals surface area contributed by atoms with Crippen molar-refractivity contribution in [2.75, 3.05) is 0 Å². The average molecular weight is 358 g/mol. The van der Waals surface area contributed by atoms with E-state index < -0.39 is 0 Å². The Kier molecular flexibility index (Phi) is 4.99. The monoisotopic (exact) mass is 357 g/mol. The van der Waals surface area contributed by atoms with E-state index in [1.54, 1.807) is 24.3 Å². The molecule has 0 spiro atoms. The van der Waals surface area contributed by atoms with Crippen LogP contribution >= 0.6 is 23.2 Å². The van der Waals surface area contributed by atoms with Crippen molar-refractivity contribution in [3.8, 4) is 5.69 Å². The highest BCUT2D eigenvalue weighted by molar-refractivity contribution is 6.36. The smallest absolute Gasteiger partial charge is 0.273 e. The zero-order valence-corrected chi connectivity index (χ0v) is 14.0. The minimum atomic E-state index is -0.305. The number of carbonyl (C=O) groups is 1. The topological polar surface area (TPSA) is 46.4 Å². The van der Waals surface area contributed by atoms with Gasteiger partial charge in [0.05, 0.1) is 22.5 Å². The Bertz CT molecular complexity index is 889. The lowest BCUT2D eigenvalue weighted by molar-refractivity contribution is 0.0955. The molecule has 4 nitrogen and oxygen atoms in total. The van der Waals surface area contributed by atoms with E-state index in [4.69, 9.17) is 23.2 Å². The van der Waals surface area contributed by atoms with Gasteiger partial charge in [-0.05, 0) is 36.4 Å². The number of nitrogens with one attached hydrogen (secondary N) is 1. The normalized spacial score (nSPS) is 10.9. The number of para-hydroxylation sites is 1. The molecule has 3 aromatic rings. The van der Waals surface area contributed by atoms with E-state index in [9.17, 15) is 4.79 Å². The van der Waals surface area contributed by atoms with Crippen molar-refractivity contribution in [3.05, 3.63) is 88.2 Å². The Balaban J connectivity index is 1.78. The Hall–Kier alpha value is -2.56. The maximum Gasteiger partial charge on any atom is 0.273 e. The number of halogens is 2. The van der Waals surface area contributed by atoms with Crippen LogP contribution in [0.15, 0.2) is 72.1 Å². The van der Waals surface area contributed by atoms with Gasteiger partial charge in [-0.2, -0.15) is 5.10 Å². The summed E-state index contributed by atoms with van der Waals surface area (Å²) in [5.74, 6) is -0.305. The van der Waals surface area contributed by atoms with Crippen molar-refractivity contribution in [2.45, 2.75) is 0 Å². The summed E-state index contributed by atoms with van der Waals surface area (Å²) >= 11 is 11.9. The summed E-state index contributed by atoms with van der Waals surface area (Å²) in [6.45, 7) is 0. The standard InChI is InChI=1S/C18H13Cl2N3O/c19-14-8-7-13(16(20)11-14)12-21-22-18(24)15-5-1-2-6-17(15)23-9-3-4-10-23/h1-12H,(H,22,24). The van der Waals surface area contributed by atoms with Crippen LogP contribution in [-0.2, 0) is 0 Å². The Morgan fingerprint density at radius 1 is 1.04 bits per heavy atom. The molecule has 1 aromatic heterocycles. The van der Waals surface area contributed by atoms with Crippen LogP contribution in [0.4, 0.5) is 0 Å². The van der Waals surface area contributed by atoms with Crippen molar-refractivity contribution in [1.29, 1.82) is 0 Å². The number of amides is 1. The predicted molar refractivity (Wildman–Crippen MR) is 97.3 cm³/mol. The van der Waals surface area contributed by atoms with Crippen LogP contribution in [0, 0.1) is 0 Å². The first kappa shape index (κ1) is 16.3. The predicted octanol–water partition coefficient (Wildman–Crippen LogP) is 4.55. The van der Waals surface area contributed by atoms with E-state index in [2.05, 4.69) is 10.5 Å². The molecule has 0 saturated heterocycles. The summed E-state index contributed by atoms with van der Waals surface area (Å²) in [6, 6.07) is 16.2. The molecule has 0 saturated carbocycles. The molecule has 3 rings (SSSR count). The number of benzene rings is 2. The van der Waals surface area contributed by atoms with E-state index >= 15 is 0 Å². The third-order valence-corrected chi connectivity index (χ3v) is 3.93. The average Bonchev–Trinajstić information content (AvgIpc) is 3.11. The first-order valence-electron chi connectivity index (χ1n) is 7.16. The molecule has 0 radical (unpaired) electrons. The first-order chi connectivity index (χ1) is 11.6. The third-order valence-electron chi connectivity index (χ3n) is 3.36. The van der Waals surface area contributed by atoms with Gasteiger partial charge in [-0.25, -0.2) is 5.43 Å². The van der Waals surface area contributed by atoms with Crippen LogP contribution < -0.4 is 5.43 Å². The number of hydrazone groups is 1. The maximum absolute atomic E-state index is 12.4. The molecule has 0 atom stereocenters. The molecule has 6 heteroatoms. The zero-order valence-electron chi connectivity index (χ0n) is 12.5. The lowest BCUT2D eigenvalue weighted by Crippen LogP contribution is -2.19.